The van der Waals surface area contributed by atoms with E-state index >= 15 is 0 Å². The van der Waals surface area contributed by atoms with Crippen LogP contribution in [0.5, 0.6) is 0 Å². The molecule has 0 bridgehead atoms. The Morgan fingerprint density at radius 3 is 0.869 bits per heavy atom. The van der Waals surface area contributed by atoms with Crippen LogP contribution in [0, 0.1) is 0 Å². The van der Waals surface area contributed by atoms with Crippen LogP contribution >= 0.6 is 16.9 Å². The Bertz CT molecular complexity index is 2060. The first kappa shape index (κ1) is 46.4. The highest BCUT2D eigenvalue weighted by Crippen LogP contribution is 2.60. The van der Waals surface area contributed by atoms with Crippen molar-refractivity contribution in [1.82, 2.24) is 0 Å². The third-order valence-corrected chi connectivity index (χ3v) is 14.7. The molecule has 5 nitrogen and oxygen atoms in total. The highest BCUT2D eigenvalue weighted by molar-refractivity contribution is 7.62. The van der Waals surface area contributed by atoms with Gasteiger partial charge < -0.3 is 0 Å². The van der Waals surface area contributed by atoms with E-state index in [0.29, 0.717) is 55.8 Å². The van der Waals surface area contributed by atoms with E-state index < -0.39 is 8.45 Å². The van der Waals surface area contributed by atoms with Crippen molar-refractivity contribution in [3.8, 4) is 0 Å². The van der Waals surface area contributed by atoms with Gasteiger partial charge in [0.15, 0.2) is 5.82 Å². The van der Waals surface area contributed by atoms with E-state index in [9.17, 15) is 0 Å². The van der Waals surface area contributed by atoms with Crippen molar-refractivity contribution >= 4 is 45.1 Å². The summed E-state index contributed by atoms with van der Waals surface area (Å²) in [6, 6.07) is 27.3. The first-order valence-electron chi connectivity index (χ1n) is 22.8. The second-order valence-corrected chi connectivity index (χ2v) is 21.7. The monoisotopic (exact) mass is 855 g/mol. The molecule has 4 aromatic carbocycles. The molecule has 0 aliphatic carbocycles. The number of hydrogen-bond acceptors (Lipinski definition) is 5. The van der Waals surface area contributed by atoms with Crippen molar-refractivity contribution < 1.29 is 4.31 Å². The van der Waals surface area contributed by atoms with Crippen LogP contribution in [-0.4, -0.2) is 5.45 Å². The number of hydrogen-bond donors (Lipinski definition) is 0. The normalized spacial score (nSPS) is 14.9. The van der Waals surface area contributed by atoms with Crippen molar-refractivity contribution in [3.63, 3.8) is 0 Å². The molecule has 0 aromatic heterocycles. The first-order valence-corrected chi connectivity index (χ1v) is 24.8. The van der Waals surface area contributed by atoms with Crippen LogP contribution in [0.4, 0.5) is 22.7 Å². The number of para-hydroxylation sites is 4. The van der Waals surface area contributed by atoms with E-state index in [1.54, 1.807) is 0 Å². The minimum atomic E-state index is -1.40. The van der Waals surface area contributed by atoms with Crippen molar-refractivity contribution in [2.45, 2.75) is 158 Å². The maximum Gasteiger partial charge on any atom is 0.266 e. The number of rotatable bonds is 14. The summed E-state index contributed by atoms with van der Waals surface area (Å²) >= 11 is 0. The first-order chi connectivity index (χ1) is 29.0. The largest absolute Gasteiger partial charge is 0.294 e. The predicted octanol–water partition coefficient (Wildman–Crippen LogP) is 17.3. The molecule has 6 rings (SSSR count). The van der Waals surface area contributed by atoms with Crippen LogP contribution in [0.3, 0.4) is 0 Å². The van der Waals surface area contributed by atoms with Gasteiger partial charge in [0.05, 0.1) is 22.7 Å². The van der Waals surface area contributed by atoms with Crippen molar-refractivity contribution in [2.75, 3.05) is 19.1 Å². The predicted molar refractivity (Wildman–Crippen MR) is 270 cm³/mol. The molecule has 4 aromatic rings. The number of nitrogens with zero attached hydrogens (tertiary/aromatic N) is 4. The summed E-state index contributed by atoms with van der Waals surface area (Å²) in [7, 11) is -0.752. The molecule has 2 aliphatic heterocycles. The third kappa shape index (κ3) is 9.33. The lowest BCUT2D eigenvalue weighted by Crippen LogP contribution is -2.26. The smallest absolute Gasteiger partial charge is 0.266 e. The maximum atomic E-state index is 7.43. The van der Waals surface area contributed by atoms with Gasteiger partial charge in [0.2, 0.25) is 0 Å². The fraction of sp³-hybridized carbons (Fsp3) is 0.444. The standard InChI is InChI=1S/C54H72N4OP2/c1-34(2)42-21-17-22-43(35(3)4)51(42)55-29-30-56(52-44(36(5)6)23-18-24-45(52)37(7)8)50(55)33-60-59-61-57(53-46(38(9)10)25-19-26-47(53)39(11)12)31-32-58(61)54-48(40(13)14)27-20-28-49(54)41(15)16/h17-32,34-41H,1-16H3. The second kappa shape index (κ2) is 19.5. The Hall–Kier alpha value is -4.10. The van der Waals surface area contributed by atoms with Gasteiger partial charge in [0, 0.05) is 24.8 Å². The van der Waals surface area contributed by atoms with Crippen LogP contribution in [0.15, 0.2) is 103 Å². The van der Waals surface area contributed by atoms with Gasteiger partial charge in [-0.15, -0.1) is 0 Å². The molecule has 0 unspecified atom stereocenters. The Labute approximate surface area is 373 Å². The lowest BCUT2D eigenvalue weighted by Gasteiger charge is -2.35. The molecule has 324 valence electrons. The van der Waals surface area contributed by atoms with E-state index in [4.69, 9.17) is 4.31 Å². The second-order valence-electron chi connectivity index (χ2n) is 19.3. The minimum Gasteiger partial charge on any atom is -0.294 e. The SMILES string of the molecule is CC(C)c1cccc(C(C)C)c1N1C=CN(c2c(C(C)C)cccc2C(C)C)C1=C=POP1N(c2c(C(C)C)cccc2C(C)C)C=CN1c1c(C(C)C)cccc1C(C)C. The van der Waals surface area contributed by atoms with Crippen LogP contribution in [0.2, 0.25) is 0 Å². The van der Waals surface area contributed by atoms with E-state index in [1.807, 2.05) is 0 Å². The summed E-state index contributed by atoms with van der Waals surface area (Å²) in [5.74, 6) is 3.68. The van der Waals surface area contributed by atoms with Crippen LogP contribution in [-0.2, 0) is 4.31 Å². The van der Waals surface area contributed by atoms with E-state index in [-0.39, 0.29) is 0 Å². The topological polar surface area (TPSA) is 22.2 Å². The van der Waals surface area contributed by atoms with Gasteiger partial charge in [-0.2, -0.15) is 0 Å². The molecule has 0 N–H and O–H groups in total. The zero-order chi connectivity index (χ0) is 44.4. The zero-order valence-corrected chi connectivity index (χ0v) is 41.7. The van der Waals surface area contributed by atoms with Crippen molar-refractivity contribution in [3.05, 3.63) is 148 Å². The van der Waals surface area contributed by atoms with Crippen LogP contribution < -0.4 is 19.1 Å². The maximum absolute atomic E-state index is 7.43. The quantitative estimate of drug-likeness (QED) is 0.118. The van der Waals surface area contributed by atoms with Gasteiger partial charge in [0.25, 0.3) is 8.45 Å². The molecule has 0 atom stereocenters. The average Bonchev–Trinajstić information content (AvgIpc) is 3.83. The molecule has 2 aliphatic rings. The lowest BCUT2D eigenvalue weighted by molar-refractivity contribution is 0.711. The Morgan fingerprint density at radius 1 is 0.377 bits per heavy atom. The summed E-state index contributed by atoms with van der Waals surface area (Å²) in [6.45, 7) is 36.9. The zero-order valence-electron chi connectivity index (χ0n) is 39.9. The molecular weight excluding hydrogens is 783 g/mol. The molecule has 0 saturated heterocycles. The highest BCUT2D eigenvalue weighted by atomic mass is 31.2. The summed E-state index contributed by atoms with van der Waals surface area (Å²) in [4.78, 5) is 4.79. The summed E-state index contributed by atoms with van der Waals surface area (Å²) in [5.41, 5.74) is 19.6. The third-order valence-electron chi connectivity index (χ3n) is 12.1. The molecule has 0 saturated carbocycles. The van der Waals surface area contributed by atoms with E-state index in [0.717, 1.165) is 5.82 Å². The van der Waals surface area contributed by atoms with E-state index in [1.165, 1.54) is 67.3 Å². The van der Waals surface area contributed by atoms with Crippen molar-refractivity contribution in [1.29, 1.82) is 0 Å². The fourth-order valence-corrected chi connectivity index (χ4v) is 11.6. The van der Waals surface area contributed by atoms with Gasteiger partial charge in [-0.05, 0) is 97.3 Å². The Balaban J connectivity index is 1.63. The van der Waals surface area contributed by atoms with Gasteiger partial charge in [-0.1, -0.05) is 184 Å². The highest BCUT2D eigenvalue weighted by Gasteiger charge is 2.38. The molecular formula is C54H72N4OP2. The molecule has 61 heavy (non-hydrogen) atoms. The van der Waals surface area contributed by atoms with Gasteiger partial charge in [-0.3, -0.25) is 23.5 Å². The fourth-order valence-electron chi connectivity index (χ4n) is 8.83. The van der Waals surface area contributed by atoms with Crippen molar-refractivity contribution in [2.24, 2.45) is 0 Å². The van der Waals surface area contributed by atoms with E-state index in [2.05, 4.69) is 233 Å². The molecule has 7 heteroatoms. The molecule has 0 spiro atoms. The number of anilines is 4. The average molecular weight is 855 g/mol. The minimum absolute atomic E-state index is 0.336. The Kier molecular flexibility index (Phi) is 14.9. The van der Waals surface area contributed by atoms with Crippen LogP contribution in [0.25, 0.3) is 0 Å². The summed E-state index contributed by atoms with van der Waals surface area (Å²) in [6.07, 6.45) is 9.07. The molecule has 0 amide bonds. The summed E-state index contributed by atoms with van der Waals surface area (Å²) < 4.78 is 12.3. The van der Waals surface area contributed by atoms with Crippen LogP contribution in [0.1, 0.15) is 203 Å². The molecule has 0 radical (unpaired) electrons. The Morgan fingerprint density at radius 2 is 0.623 bits per heavy atom. The number of benzene rings is 4. The van der Waals surface area contributed by atoms with Gasteiger partial charge in [-0.25, -0.2) is 0 Å². The van der Waals surface area contributed by atoms with Gasteiger partial charge >= 0.3 is 0 Å². The van der Waals surface area contributed by atoms with Gasteiger partial charge in [0.1, 0.15) is 8.43 Å². The molecule has 2 heterocycles. The molecule has 0 fully saturated rings. The summed E-state index contributed by atoms with van der Waals surface area (Å²) in [5, 5.41) is 0. The lowest BCUT2D eigenvalue weighted by atomic mass is 9.91.